The molecule has 3 nitrogen and oxygen atoms in total. The van der Waals surface area contributed by atoms with E-state index in [-0.39, 0.29) is 0 Å². The van der Waals surface area contributed by atoms with Crippen molar-refractivity contribution < 1.29 is 0 Å². The summed E-state index contributed by atoms with van der Waals surface area (Å²) in [7, 11) is 3.16. The van der Waals surface area contributed by atoms with Gasteiger partial charge in [0.05, 0.1) is 5.84 Å². The van der Waals surface area contributed by atoms with Gasteiger partial charge in [-0.15, -0.1) is 0 Å². The highest BCUT2D eigenvalue weighted by molar-refractivity contribution is 5.77. The molecule has 0 aromatic rings. The summed E-state index contributed by atoms with van der Waals surface area (Å²) in [6.07, 6.45) is 18.1. The maximum absolute atomic E-state index is 5.04. The Morgan fingerprint density at radius 2 is 1.47 bits per heavy atom. The molecule has 4 fully saturated rings. The zero-order valence-corrected chi connectivity index (χ0v) is 26.6. The van der Waals surface area contributed by atoms with Crippen molar-refractivity contribution in [3.05, 3.63) is 0 Å². The summed E-state index contributed by atoms with van der Waals surface area (Å²) in [5.41, 5.74) is 11.5. The van der Waals surface area contributed by atoms with Crippen LogP contribution in [0.2, 0.25) is 0 Å². The zero-order valence-electron chi connectivity index (χ0n) is 26.6. The van der Waals surface area contributed by atoms with E-state index in [0.717, 1.165) is 35.5 Å². The SMILES string of the molecule is CC.CCC[C@@]1(C)CCC2(C)C(CCC3C2CCC2(C)C3CC[C@@H]2C(C)CC)C1.CN.CN=C(C)N. The van der Waals surface area contributed by atoms with Crippen molar-refractivity contribution in [1.82, 2.24) is 0 Å². The minimum Gasteiger partial charge on any atom is -0.388 e. The molecule has 0 aromatic heterocycles. The molecule has 0 heterocycles. The first-order chi connectivity index (χ1) is 17.0. The van der Waals surface area contributed by atoms with Crippen LogP contribution in [0.15, 0.2) is 4.99 Å². The smallest absolute Gasteiger partial charge is 0.0902 e. The van der Waals surface area contributed by atoms with Gasteiger partial charge in [-0.25, -0.2) is 0 Å². The van der Waals surface area contributed by atoms with Crippen LogP contribution in [-0.2, 0) is 0 Å². The molecule has 0 saturated heterocycles. The predicted molar refractivity (Wildman–Crippen MR) is 162 cm³/mol. The van der Waals surface area contributed by atoms with Crippen LogP contribution in [0.1, 0.15) is 139 Å². The van der Waals surface area contributed by atoms with Gasteiger partial charge in [0.15, 0.2) is 0 Å². The standard InChI is InChI=1S/C27H48.C3H8N2.C2H6.CH5N/c1-7-14-25(4)16-17-26(5)20(18-25)9-10-21-23-12-11-22(19(3)8-2)27(23,6)15-13-24(21)26;1-3(4)5-2;2*1-2/h19-24H,7-18H2,1-6H3;1-2H3,(H2,4,5);1-2H3;2H2,1H3/t19?,20?,21?,22-,23?,24?,25+,26?,27?;;;/m1.../s1. The Balaban J connectivity index is 0.000000634. The number of rotatable bonds is 4. The molecule has 7 unspecified atom stereocenters. The van der Waals surface area contributed by atoms with Crippen LogP contribution in [0.3, 0.4) is 0 Å². The van der Waals surface area contributed by atoms with Crippen LogP contribution >= 0.6 is 0 Å². The molecule has 4 aliphatic carbocycles. The zero-order chi connectivity index (χ0) is 27.7. The fourth-order valence-electron chi connectivity index (χ4n) is 9.62. The molecule has 0 aliphatic heterocycles. The van der Waals surface area contributed by atoms with Gasteiger partial charge in [-0.2, -0.15) is 0 Å². The molecule has 4 rings (SSSR count). The van der Waals surface area contributed by atoms with E-state index in [1.54, 1.807) is 46.1 Å². The first-order valence-corrected chi connectivity index (χ1v) is 15.8. The lowest BCUT2D eigenvalue weighted by molar-refractivity contribution is -0.132. The Bertz CT molecular complexity index is 655. The van der Waals surface area contributed by atoms with Crippen molar-refractivity contribution in [3.8, 4) is 0 Å². The van der Waals surface area contributed by atoms with Gasteiger partial charge in [-0.05, 0) is 130 Å². The highest BCUT2D eigenvalue weighted by Gasteiger charge is 2.61. The molecule has 4 aliphatic rings. The average molecular weight is 506 g/mol. The van der Waals surface area contributed by atoms with Crippen LogP contribution in [0.25, 0.3) is 0 Å². The van der Waals surface area contributed by atoms with Crippen LogP contribution < -0.4 is 11.5 Å². The molecule has 0 bridgehead atoms. The van der Waals surface area contributed by atoms with Gasteiger partial charge in [-0.3, -0.25) is 4.99 Å². The third-order valence-corrected chi connectivity index (χ3v) is 11.7. The highest BCUT2D eigenvalue weighted by Crippen LogP contribution is 2.69. The summed E-state index contributed by atoms with van der Waals surface area (Å²) in [6, 6.07) is 0. The fourth-order valence-corrected chi connectivity index (χ4v) is 9.62. The van der Waals surface area contributed by atoms with E-state index in [1.165, 1.54) is 52.0 Å². The van der Waals surface area contributed by atoms with Crippen molar-refractivity contribution in [3.63, 3.8) is 0 Å². The van der Waals surface area contributed by atoms with Gasteiger partial charge in [0.25, 0.3) is 0 Å². The highest BCUT2D eigenvalue weighted by atomic mass is 14.8. The van der Waals surface area contributed by atoms with Gasteiger partial charge in [-0.1, -0.05) is 68.2 Å². The van der Waals surface area contributed by atoms with Gasteiger partial charge >= 0.3 is 0 Å². The Hall–Kier alpha value is -0.570. The summed E-state index contributed by atoms with van der Waals surface area (Å²) in [6.45, 7) is 21.2. The first-order valence-electron chi connectivity index (χ1n) is 15.8. The molecule has 0 amide bonds. The van der Waals surface area contributed by atoms with E-state index in [9.17, 15) is 0 Å². The first kappa shape index (κ1) is 33.5. The molecule has 4 N–H and O–H groups in total. The predicted octanol–water partition coefficient (Wildman–Crippen LogP) is 9.09. The minimum absolute atomic E-state index is 0.630. The summed E-state index contributed by atoms with van der Waals surface area (Å²) in [5, 5.41) is 0. The van der Waals surface area contributed by atoms with Crippen molar-refractivity contribution in [2.45, 2.75) is 139 Å². The molecule has 36 heavy (non-hydrogen) atoms. The van der Waals surface area contributed by atoms with E-state index in [1.807, 2.05) is 13.8 Å². The van der Waals surface area contributed by atoms with Crippen LogP contribution in [0, 0.1) is 51.8 Å². The third kappa shape index (κ3) is 6.89. The second kappa shape index (κ2) is 14.5. The van der Waals surface area contributed by atoms with Gasteiger partial charge in [0.1, 0.15) is 0 Å². The molecule has 0 spiro atoms. The molecule has 0 aromatic carbocycles. The molecule has 4 saturated carbocycles. The van der Waals surface area contributed by atoms with Crippen molar-refractivity contribution in [1.29, 1.82) is 0 Å². The van der Waals surface area contributed by atoms with E-state index in [0.29, 0.717) is 22.1 Å². The number of aliphatic imine (C=N–C) groups is 1. The lowest BCUT2D eigenvalue weighted by atomic mass is 9.42. The summed E-state index contributed by atoms with van der Waals surface area (Å²) >= 11 is 0. The number of hydrogen-bond donors (Lipinski definition) is 2. The molecular formula is C33H67N3. The fraction of sp³-hybridized carbons (Fsp3) is 0.970. The Labute approximate surface area is 227 Å². The monoisotopic (exact) mass is 506 g/mol. The molecule has 214 valence electrons. The lowest BCUT2D eigenvalue weighted by Crippen LogP contribution is -2.54. The quantitative estimate of drug-likeness (QED) is 0.295. The number of amidine groups is 1. The van der Waals surface area contributed by atoms with Crippen molar-refractivity contribution >= 4 is 5.84 Å². The second-order valence-corrected chi connectivity index (χ2v) is 13.4. The van der Waals surface area contributed by atoms with Crippen molar-refractivity contribution in [2.75, 3.05) is 14.1 Å². The van der Waals surface area contributed by atoms with Crippen molar-refractivity contribution in [2.24, 2.45) is 68.2 Å². The molecular weight excluding hydrogens is 438 g/mol. The van der Waals surface area contributed by atoms with Crippen LogP contribution in [-0.4, -0.2) is 19.9 Å². The van der Waals surface area contributed by atoms with E-state index < -0.39 is 0 Å². The van der Waals surface area contributed by atoms with Crippen LogP contribution in [0.5, 0.6) is 0 Å². The third-order valence-electron chi connectivity index (χ3n) is 11.7. The number of hydrogen-bond acceptors (Lipinski definition) is 2. The van der Waals surface area contributed by atoms with Crippen LogP contribution in [0.4, 0.5) is 0 Å². The normalized spacial score (nSPS) is 42.0. The van der Waals surface area contributed by atoms with Gasteiger partial charge in [0.2, 0.25) is 0 Å². The Kier molecular flexibility index (Phi) is 13.5. The lowest BCUT2D eigenvalue weighted by Gasteiger charge is -2.62. The topological polar surface area (TPSA) is 64.4 Å². The Morgan fingerprint density at radius 1 is 0.889 bits per heavy atom. The van der Waals surface area contributed by atoms with Gasteiger partial charge < -0.3 is 11.5 Å². The second-order valence-electron chi connectivity index (χ2n) is 13.4. The summed E-state index contributed by atoms with van der Waals surface area (Å²) < 4.78 is 0. The number of nitrogens with zero attached hydrogens (tertiary/aromatic N) is 1. The summed E-state index contributed by atoms with van der Waals surface area (Å²) in [5.74, 6) is 6.78. The maximum atomic E-state index is 5.04. The molecule has 0 radical (unpaired) electrons. The number of fused-ring (bicyclic) bond motifs is 5. The Morgan fingerprint density at radius 3 is 2.00 bits per heavy atom. The largest absolute Gasteiger partial charge is 0.388 e. The minimum atomic E-state index is 0.630. The van der Waals surface area contributed by atoms with E-state index >= 15 is 0 Å². The molecule has 9 atom stereocenters. The van der Waals surface area contributed by atoms with Gasteiger partial charge in [0, 0.05) is 7.05 Å². The molecule has 3 heteroatoms. The number of nitrogens with two attached hydrogens (primary N) is 2. The van der Waals surface area contributed by atoms with E-state index in [2.05, 4.69) is 52.3 Å². The average Bonchev–Trinajstić information content (AvgIpc) is 3.24. The summed E-state index contributed by atoms with van der Waals surface area (Å²) in [4.78, 5) is 3.58. The van der Waals surface area contributed by atoms with E-state index in [4.69, 9.17) is 5.73 Å². The maximum Gasteiger partial charge on any atom is 0.0902 e.